The van der Waals surface area contributed by atoms with Crippen molar-refractivity contribution in [3.63, 3.8) is 0 Å². The lowest BCUT2D eigenvalue weighted by Gasteiger charge is -2.09. The van der Waals surface area contributed by atoms with Crippen molar-refractivity contribution in [2.24, 2.45) is 5.92 Å². The van der Waals surface area contributed by atoms with Gasteiger partial charge in [-0.2, -0.15) is 0 Å². The number of hydrogen-bond donors (Lipinski definition) is 2. The number of fused-ring (bicyclic) bond motifs is 1. The maximum Gasteiger partial charge on any atom is 0.224 e. The molecule has 1 saturated carbocycles. The SMILES string of the molecule is Nc1ccc(C2CC2C(=O)NCc2cc3cc(-c4ccc(C=O)cc4)cc(-c4ccc(F)cc4F)c3o2)cn1. The second-order valence-corrected chi connectivity index (χ2v) is 9.70. The van der Waals surface area contributed by atoms with Crippen LogP contribution in [-0.2, 0) is 11.3 Å². The quantitative estimate of drug-likeness (QED) is 0.246. The van der Waals surface area contributed by atoms with E-state index < -0.39 is 11.6 Å². The first-order chi connectivity index (χ1) is 18.9. The predicted octanol–water partition coefficient (Wildman–Crippen LogP) is 6.25. The fourth-order valence-electron chi connectivity index (χ4n) is 4.92. The maximum absolute atomic E-state index is 14.9. The molecule has 2 atom stereocenters. The first-order valence-corrected chi connectivity index (χ1v) is 12.5. The molecule has 3 aromatic carbocycles. The Balaban J connectivity index is 1.29. The van der Waals surface area contributed by atoms with Crippen molar-refractivity contribution in [2.75, 3.05) is 5.73 Å². The van der Waals surface area contributed by atoms with E-state index >= 15 is 0 Å². The molecule has 1 fully saturated rings. The number of nitrogens with one attached hydrogen (secondary N) is 1. The Hall–Kier alpha value is -4.85. The summed E-state index contributed by atoms with van der Waals surface area (Å²) >= 11 is 0. The molecule has 1 amide bonds. The number of carbonyl (C=O) groups is 2. The number of pyridine rings is 1. The second kappa shape index (κ2) is 9.79. The van der Waals surface area contributed by atoms with E-state index in [9.17, 15) is 18.4 Å². The number of amides is 1. The number of anilines is 1. The van der Waals surface area contributed by atoms with Gasteiger partial charge in [0.1, 0.15) is 35.1 Å². The lowest BCUT2D eigenvalue weighted by atomic mass is 9.96. The zero-order chi connectivity index (χ0) is 27.1. The van der Waals surface area contributed by atoms with Gasteiger partial charge in [-0.15, -0.1) is 0 Å². The zero-order valence-corrected chi connectivity index (χ0v) is 20.7. The van der Waals surface area contributed by atoms with E-state index in [-0.39, 0.29) is 29.9 Å². The number of carbonyl (C=O) groups excluding carboxylic acids is 2. The molecule has 0 spiro atoms. The molecule has 6 nitrogen and oxygen atoms in total. The van der Waals surface area contributed by atoms with Gasteiger partial charge in [0.05, 0.1) is 6.54 Å². The minimum absolute atomic E-state index is 0.0851. The summed E-state index contributed by atoms with van der Waals surface area (Å²) in [5, 5.41) is 3.64. The van der Waals surface area contributed by atoms with Crippen LogP contribution in [0.5, 0.6) is 0 Å². The van der Waals surface area contributed by atoms with Crippen LogP contribution in [0.25, 0.3) is 33.2 Å². The lowest BCUT2D eigenvalue weighted by Crippen LogP contribution is -2.24. The second-order valence-electron chi connectivity index (χ2n) is 9.70. The third-order valence-corrected chi connectivity index (χ3v) is 7.07. The average molecular weight is 524 g/mol. The topological polar surface area (TPSA) is 98.2 Å². The van der Waals surface area contributed by atoms with Crippen LogP contribution in [-0.4, -0.2) is 17.2 Å². The summed E-state index contributed by atoms with van der Waals surface area (Å²) < 4.78 is 34.6. The Kier molecular flexibility index (Phi) is 6.15. The molecule has 0 saturated heterocycles. The molecule has 2 aromatic heterocycles. The molecule has 8 heteroatoms. The Morgan fingerprint density at radius 1 is 1.00 bits per heavy atom. The molecule has 3 N–H and O–H groups in total. The molecular formula is C31H23F2N3O3. The van der Waals surface area contributed by atoms with Crippen molar-refractivity contribution in [1.29, 1.82) is 0 Å². The minimum Gasteiger partial charge on any atom is -0.459 e. The standard InChI is InChI=1S/C31H23F2N3O3/c32-22-6-7-24(28(33)12-22)26-11-20(18-3-1-17(16-37)2-4-18)9-21-10-23(39-30(21)26)15-36-31(38)27-13-25(27)19-5-8-29(34)35-14-19/h1-12,14,16,25,27H,13,15H2,(H2,34,35)(H,36,38). The Labute approximate surface area is 222 Å². The monoisotopic (exact) mass is 523 g/mol. The number of halogens is 2. The van der Waals surface area contributed by atoms with Crippen molar-refractivity contribution < 1.29 is 22.8 Å². The molecule has 5 aromatic rings. The first kappa shape index (κ1) is 24.5. The molecule has 2 unspecified atom stereocenters. The van der Waals surface area contributed by atoms with Crippen LogP contribution >= 0.6 is 0 Å². The van der Waals surface area contributed by atoms with Crippen LogP contribution in [0.1, 0.15) is 34.0 Å². The van der Waals surface area contributed by atoms with Crippen molar-refractivity contribution in [2.45, 2.75) is 18.9 Å². The number of aldehydes is 1. The highest BCUT2D eigenvalue weighted by molar-refractivity contribution is 5.97. The van der Waals surface area contributed by atoms with Gasteiger partial charge in [0, 0.05) is 40.3 Å². The molecule has 39 heavy (non-hydrogen) atoms. The lowest BCUT2D eigenvalue weighted by molar-refractivity contribution is -0.122. The summed E-state index contributed by atoms with van der Waals surface area (Å²) in [6.07, 6.45) is 3.20. The van der Waals surface area contributed by atoms with Crippen molar-refractivity contribution >= 4 is 29.0 Å². The van der Waals surface area contributed by atoms with Crippen LogP contribution in [0.3, 0.4) is 0 Å². The van der Waals surface area contributed by atoms with Crippen LogP contribution in [0.15, 0.2) is 83.4 Å². The summed E-state index contributed by atoms with van der Waals surface area (Å²) in [7, 11) is 0. The zero-order valence-electron chi connectivity index (χ0n) is 20.7. The third kappa shape index (κ3) is 4.88. The van der Waals surface area contributed by atoms with Crippen LogP contribution in [0.2, 0.25) is 0 Å². The Bertz CT molecular complexity index is 1710. The smallest absolute Gasteiger partial charge is 0.224 e. The highest BCUT2D eigenvalue weighted by Gasteiger charge is 2.44. The predicted molar refractivity (Wildman–Crippen MR) is 144 cm³/mol. The van der Waals surface area contributed by atoms with E-state index in [0.29, 0.717) is 33.7 Å². The molecule has 194 valence electrons. The van der Waals surface area contributed by atoms with Crippen LogP contribution < -0.4 is 11.1 Å². The van der Waals surface area contributed by atoms with E-state index in [1.807, 2.05) is 12.1 Å². The summed E-state index contributed by atoms with van der Waals surface area (Å²) in [5.41, 5.74) is 9.83. The van der Waals surface area contributed by atoms with Gasteiger partial charge in [0.15, 0.2) is 0 Å². The number of rotatable bonds is 7. The van der Waals surface area contributed by atoms with E-state index in [2.05, 4.69) is 10.3 Å². The van der Waals surface area contributed by atoms with Crippen molar-refractivity contribution in [3.05, 3.63) is 108 Å². The minimum atomic E-state index is -0.715. The third-order valence-electron chi connectivity index (χ3n) is 7.07. The van der Waals surface area contributed by atoms with Crippen molar-refractivity contribution in [3.8, 4) is 22.3 Å². The molecule has 1 aliphatic rings. The van der Waals surface area contributed by atoms with Crippen LogP contribution in [0, 0.1) is 17.6 Å². The fraction of sp³-hybridized carbons (Fsp3) is 0.129. The van der Waals surface area contributed by atoms with E-state index in [1.54, 1.807) is 48.7 Å². The molecule has 0 bridgehead atoms. The molecule has 1 aliphatic carbocycles. The van der Waals surface area contributed by atoms with Crippen molar-refractivity contribution in [1.82, 2.24) is 10.3 Å². The van der Waals surface area contributed by atoms with Gasteiger partial charge in [0.2, 0.25) is 5.91 Å². The number of nitrogen functional groups attached to an aromatic ring is 1. The van der Waals surface area contributed by atoms with Gasteiger partial charge in [-0.25, -0.2) is 13.8 Å². The summed E-state index contributed by atoms with van der Waals surface area (Å²) in [5.74, 6) is -0.581. The number of aromatic nitrogens is 1. The van der Waals surface area contributed by atoms with Gasteiger partial charge in [-0.3, -0.25) is 9.59 Å². The van der Waals surface area contributed by atoms with E-state index in [4.69, 9.17) is 10.2 Å². The highest BCUT2D eigenvalue weighted by Crippen LogP contribution is 2.47. The number of nitrogens with two attached hydrogens (primary N) is 1. The molecule has 0 aliphatic heterocycles. The fourth-order valence-corrected chi connectivity index (χ4v) is 4.92. The van der Waals surface area contributed by atoms with Gasteiger partial charge in [-0.05, 0) is 65.4 Å². The molecule has 2 heterocycles. The van der Waals surface area contributed by atoms with Crippen LogP contribution in [0.4, 0.5) is 14.6 Å². The largest absolute Gasteiger partial charge is 0.459 e. The molecular weight excluding hydrogens is 500 g/mol. The Morgan fingerprint density at radius 2 is 1.82 bits per heavy atom. The molecule has 0 radical (unpaired) electrons. The van der Waals surface area contributed by atoms with Gasteiger partial charge in [0.25, 0.3) is 0 Å². The first-order valence-electron chi connectivity index (χ1n) is 12.5. The van der Waals surface area contributed by atoms with E-state index in [1.165, 1.54) is 12.1 Å². The molecule has 6 rings (SSSR count). The van der Waals surface area contributed by atoms with Gasteiger partial charge in [-0.1, -0.05) is 30.3 Å². The number of hydrogen-bond acceptors (Lipinski definition) is 5. The summed E-state index contributed by atoms with van der Waals surface area (Å²) in [6.45, 7) is 0.158. The van der Waals surface area contributed by atoms with Gasteiger partial charge >= 0.3 is 0 Å². The maximum atomic E-state index is 14.9. The Morgan fingerprint density at radius 3 is 2.54 bits per heavy atom. The summed E-state index contributed by atoms with van der Waals surface area (Å²) in [6, 6.07) is 19.5. The average Bonchev–Trinajstić information content (AvgIpc) is 3.63. The van der Waals surface area contributed by atoms with E-state index in [0.717, 1.165) is 35.5 Å². The number of benzene rings is 3. The normalized spacial score (nSPS) is 16.3. The highest BCUT2D eigenvalue weighted by atomic mass is 19.1. The summed E-state index contributed by atoms with van der Waals surface area (Å²) in [4.78, 5) is 28.0. The van der Waals surface area contributed by atoms with Gasteiger partial charge < -0.3 is 15.5 Å². The number of nitrogens with zero attached hydrogens (tertiary/aromatic N) is 1. The number of furan rings is 1.